The van der Waals surface area contributed by atoms with Crippen LogP contribution in [-0.2, 0) is 0 Å². The molecular formula is C13H15BrO. The molecule has 0 saturated carbocycles. The zero-order valence-corrected chi connectivity index (χ0v) is 10.5. The van der Waals surface area contributed by atoms with Crippen LogP contribution in [0, 0.1) is 0 Å². The molecule has 0 bridgehead atoms. The Morgan fingerprint density at radius 2 is 2.27 bits per heavy atom. The maximum Gasteiger partial charge on any atom is 0.127 e. The minimum atomic E-state index is 0.263. The topological polar surface area (TPSA) is 9.23 Å². The molecule has 1 aromatic carbocycles. The number of hydrogen-bond donors (Lipinski definition) is 0. The molecule has 0 N–H and O–H groups in total. The summed E-state index contributed by atoms with van der Waals surface area (Å²) in [4.78, 5) is 0. The molecule has 1 nitrogen and oxygen atoms in total. The molecule has 2 rings (SSSR count). The monoisotopic (exact) mass is 266 g/mol. The summed E-state index contributed by atoms with van der Waals surface area (Å²) in [5, 5.41) is 0. The standard InChI is InChI=1S/C13H15BrO/c1-2-3-4-12-7-5-10-9-11(14)6-8-13(10)15-12/h5-9,12H,2-4H2,1H3. The zero-order chi connectivity index (χ0) is 10.7. The van der Waals surface area contributed by atoms with Gasteiger partial charge in [-0.2, -0.15) is 0 Å². The van der Waals surface area contributed by atoms with Gasteiger partial charge in [0.25, 0.3) is 0 Å². The van der Waals surface area contributed by atoms with Crippen molar-refractivity contribution in [1.82, 2.24) is 0 Å². The van der Waals surface area contributed by atoms with Crippen molar-refractivity contribution >= 4 is 22.0 Å². The van der Waals surface area contributed by atoms with Gasteiger partial charge in [-0.05, 0) is 37.1 Å². The van der Waals surface area contributed by atoms with E-state index in [2.05, 4.69) is 41.1 Å². The molecule has 0 fully saturated rings. The van der Waals surface area contributed by atoms with Crippen LogP contribution in [0.5, 0.6) is 5.75 Å². The van der Waals surface area contributed by atoms with Crippen molar-refractivity contribution in [2.75, 3.05) is 0 Å². The van der Waals surface area contributed by atoms with E-state index in [1.807, 2.05) is 12.1 Å². The molecule has 15 heavy (non-hydrogen) atoms. The molecule has 1 aromatic rings. The van der Waals surface area contributed by atoms with Gasteiger partial charge in [-0.1, -0.05) is 35.4 Å². The van der Waals surface area contributed by atoms with E-state index in [0.717, 1.165) is 22.2 Å². The Morgan fingerprint density at radius 3 is 3.07 bits per heavy atom. The summed E-state index contributed by atoms with van der Waals surface area (Å²) >= 11 is 3.46. The van der Waals surface area contributed by atoms with Gasteiger partial charge >= 0.3 is 0 Å². The highest BCUT2D eigenvalue weighted by Crippen LogP contribution is 2.29. The van der Waals surface area contributed by atoms with Crippen LogP contribution >= 0.6 is 15.9 Å². The highest BCUT2D eigenvalue weighted by Gasteiger charge is 2.13. The van der Waals surface area contributed by atoms with Crippen LogP contribution in [-0.4, -0.2) is 6.10 Å². The zero-order valence-electron chi connectivity index (χ0n) is 8.87. The highest BCUT2D eigenvalue weighted by molar-refractivity contribution is 9.10. The lowest BCUT2D eigenvalue weighted by atomic mass is 10.1. The van der Waals surface area contributed by atoms with Crippen molar-refractivity contribution in [2.45, 2.75) is 32.3 Å². The normalized spacial score (nSPS) is 18.4. The molecule has 80 valence electrons. The molecule has 0 radical (unpaired) electrons. The summed E-state index contributed by atoms with van der Waals surface area (Å²) in [6, 6.07) is 6.14. The summed E-state index contributed by atoms with van der Waals surface area (Å²) in [5.41, 5.74) is 1.16. The molecule has 1 heterocycles. The van der Waals surface area contributed by atoms with Gasteiger partial charge in [0.2, 0.25) is 0 Å². The van der Waals surface area contributed by atoms with Crippen LogP contribution in [0.3, 0.4) is 0 Å². The molecule has 0 aromatic heterocycles. The lowest BCUT2D eigenvalue weighted by molar-refractivity contribution is 0.231. The van der Waals surface area contributed by atoms with E-state index in [9.17, 15) is 0 Å². The summed E-state index contributed by atoms with van der Waals surface area (Å²) in [5.74, 6) is 1.00. The fourth-order valence-corrected chi connectivity index (χ4v) is 2.11. The average Bonchev–Trinajstić information content (AvgIpc) is 2.26. The largest absolute Gasteiger partial charge is 0.486 e. The van der Waals surface area contributed by atoms with Gasteiger partial charge in [-0.25, -0.2) is 0 Å². The first kappa shape index (κ1) is 10.7. The predicted molar refractivity (Wildman–Crippen MR) is 67.1 cm³/mol. The number of unbranched alkanes of at least 4 members (excludes halogenated alkanes) is 1. The molecule has 1 aliphatic heterocycles. The summed E-state index contributed by atoms with van der Waals surface area (Å²) in [7, 11) is 0. The number of hydrogen-bond acceptors (Lipinski definition) is 1. The second-order valence-electron chi connectivity index (χ2n) is 3.84. The van der Waals surface area contributed by atoms with Gasteiger partial charge in [0.1, 0.15) is 11.9 Å². The Bertz CT molecular complexity index is 371. The Kier molecular flexibility index (Phi) is 3.47. The minimum absolute atomic E-state index is 0.263. The molecule has 0 aliphatic carbocycles. The number of ether oxygens (including phenoxy) is 1. The van der Waals surface area contributed by atoms with Gasteiger partial charge in [0, 0.05) is 10.0 Å². The van der Waals surface area contributed by atoms with Crippen LogP contribution in [0.15, 0.2) is 28.7 Å². The van der Waals surface area contributed by atoms with E-state index in [1.165, 1.54) is 12.8 Å². The van der Waals surface area contributed by atoms with E-state index in [1.54, 1.807) is 0 Å². The van der Waals surface area contributed by atoms with E-state index < -0.39 is 0 Å². The molecule has 0 amide bonds. The Balaban J connectivity index is 2.10. The first-order chi connectivity index (χ1) is 7.29. The number of fused-ring (bicyclic) bond motifs is 1. The van der Waals surface area contributed by atoms with Crippen molar-refractivity contribution in [2.24, 2.45) is 0 Å². The first-order valence-electron chi connectivity index (χ1n) is 5.44. The van der Waals surface area contributed by atoms with Crippen LogP contribution < -0.4 is 4.74 Å². The van der Waals surface area contributed by atoms with Crippen LogP contribution in [0.1, 0.15) is 31.7 Å². The van der Waals surface area contributed by atoms with E-state index in [0.29, 0.717) is 0 Å². The third-order valence-corrected chi connectivity index (χ3v) is 3.08. The Hall–Kier alpha value is -0.760. The van der Waals surface area contributed by atoms with Crippen LogP contribution in [0.4, 0.5) is 0 Å². The summed E-state index contributed by atoms with van der Waals surface area (Å²) in [6.45, 7) is 2.21. The molecule has 1 unspecified atom stereocenters. The maximum atomic E-state index is 5.88. The molecule has 0 saturated heterocycles. The highest BCUT2D eigenvalue weighted by atomic mass is 79.9. The summed E-state index contributed by atoms with van der Waals surface area (Å²) < 4.78 is 6.98. The number of rotatable bonds is 3. The van der Waals surface area contributed by atoms with E-state index >= 15 is 0 Å². The van der Waals surface area contributed by atoms with Crippen molar-refractivity contribution in [3.63, 3.8) is 0 Å². The van der Waals surface area contributed by atoms with Crippen LogP contribution in [0.2, 0.25) is 0 Å². The average molecular weight is 267 g/mol. The third-order valence-electron chi connectivity index (χ3n) is 2.58. The molecule has 2 heteroatoms. The lowest BCUT2D eigenvalue weighted by Crippen LogP contribution is -2.16. The van der Waals surface area contributed by atoms with Crippen molar-refractivity contribution in [1.29, 1.82) is 0 Å². The lowest BCUT2D eigenvalue weighted by Gasteiger charge is -2.21. The van der Waals surface area contributed by atoms with Gasteiger partial charge < -0.3 is 4.74 Å². The second-order valence-corrected chi connectivity index (χ2v) is 4.76. The van der Waals surface area contributed by atoms with E-state index in [4.69, 9.17) is 4.74 Å². The Morgan fingerprint density at radius 1 is 1.40 bits per heavy atom. The van der Waals surface area contributed by atoms with Gasteiger partial charge in [0.15, 0.2) is 0 Å². The smallest absolute Gasteiger partial charge is 0.127 e. The van der Waals surface area contributed by atoms with Crippen molar-refractivity contribution in [3.05, 3.63) is 34.3 Å². The number of benzene rings is 1. The van der Waals surface area contributed by atoms with Gasteiger partial charge in [-0.15, -0.1) is 0 Å². The minimum Gasteiger partial charge on any atom is -0.486 e. The predicted octanol–water partition coefficient (Wildman–Crippen LogP) is 4.41. The van der Waals surface area contributed by atoms with E-state index in [-0.39, 0.29) is 6.10 Å². The second kappa shape index (κ2) is 4.84. The van der Waals surface area contributed by atoms with Crippen molar-refractivity contribution in [3.8, 4) is 5.75 Å². The van der Waals surface area contributed by atoms with Crippen molar-refractivity contribution < 1.29 is 4.74 Å². The Labute approximate surface area is 99.3 Å². The molecule has 1 aliphatic rings. The molecule has 0 spiro atoms. The van der Waals surface area contributed by atoms with Gasteiger partial charge in [0.05, 0.1) is 0 Å². The molecular weight excluding hydrogens is 252 g/mol. The third kappa shape index (κ3) is 2.63. The SMILES string of the molecule is CCCCC1C=Cc2cc(Br)ccc2O1. The maximum absolute atomic E-state index is 5.88. The number of halogens is 1. The quantitative estimate of drug-likeness (QED) is 0.788. The van der Waals surface area contributed by atoms with Gasteiger partial charge in [-0.3, -0.25) is 0 Å². The fraction of sp³-hybridized carbons (Fsp3) is 0.385. The fourth-order valence-electron chi connectivity index (χ4n) is 1.73. The first-order valence-corrected chi connectivity index (χ1v) is 6.23. The van der Waals surface area contributed by atoms with Crippen LogP contribution in [0.25, 0.3) is 6.08 Å². The summed E-state index contributed by atoms with van der Waals surface area (Å²) in [6.07, 6.45) is 8.14. The molecule has 1 atom stereocenters.